The van der Waals surface area contributed by atoms with Crippen LogP contribution in [0.25, 0.3) is 6.08 Å². The van der Waals surface area contributed by atoms with Crippen molar-refractivity contribution in [1.29, 1.82) is 0 Å². The molecule has 0 saturated heterocycles. The Kier molecular flexibility index (Phi) is 7.62. The van der Waals surface area contributed by atoms with Crippen LogP contribution in [-0.2, 0) is 4.79 Å². The molecule has 0 aromatic heterocycles. The van der Waals surface area contributed by atoms with Crippen molar-refractivity contribution in [2.24, 2.45) is 22.7 Å². The Morgan fingerprint density at radius 2 is 1.70 bits per heavy atom. The third-order valence-electron chi connectivity index (χ3n) is 5.80. The van der Waals surface area contributed by atoms with Gasteiger partial charge < -0.3 is 4.74 Å². The SMILES string of the molecule is CCCOc1ccc(C=Nc2ccc(/C=C3\C(=O)[C@@H](C(C)C)CC[C@H]3C)cc2)cc1. The molecule has 0 aliphatic heterocycles. The number of ether oxygens (including phenoxy) is 1. The van der Waals surface area contributed by atoms with Gasteiger partial charge in [-0.25, -0.2) is 0 Å². The van der Waals surface area contributed by atoms with Gasteiger partial charge in [-0.15, -0.1) is 0 Å². The lowest BCUT2D eigenvalue weighted by Gasteiger charge is -2.30. The average molecular weight is 404 g/mol. The van der Waals surface area contributed by atoms with E-state index in [0.29, 0.717) is 17.6 Å². The lowest BCUT2D eigenvalue weighted by Crippen LogP contribution is -2.30. The quantitative estimate of drug-likeness (QED) is 0.373. The second-order valence-electron chi connectivity index (χ2n) is 8.56. The van der Waals surface area contributed by atoms with Crippen LogP contribution in [0.2, 0.25) is 0 Å². The number of carbonyl (C=O) groups is 1. The van der Waals surface area contributed by atoms with Crippen molar-refractivity contribution < 1.29 is 9.53 Å². The zero-order chi connectivity index (χ0) is 21.5. The van der Waals surface area contributed by atoms with E-state index >= 15 is 0 Å². The minimum absolute atomic E-state index is 0.162. The van der Waals surface area contributed by atoms with Gasteiger partial charge >= 0.3 is 0 Å². The Morgan fingerprint density at radius 1 is 1.03 bits per heavy atom. The number of ketones is 1. The van der Waals surface area contributed by atoms with Crippen LogP contribution in [0, 0.1) is 17.8 Å². The first-order valence-corrected chi connectivity index (χ1v) is 11.1. The average Bonchev–Trinajstić information content (AvgIpc) is 2.75. The van der Waals surface area contributed by atoms with Gasteiger partial charge in [0.1, 0.15) is 5.75 Å². The molecule has 1 aliphatic carbocycles. The van der Waals surface area contributed by atoms with E-state index in [1.54, 1.807) is 0 Å². The summed E-state index contributed by atoms with van der Waals surface area (Å²) >= 11 is 0. The van der Waals surface area contributed by atoms with E-state index in [4.69, 9.17) is 4.74 Å². The van der Waals surface area contributed by atoms with Crippen molar-refractivity contribution in [3.8, 4) is 5.75 Å². The summed E-state index contributed by atoms with van der Waals surface area (Å²) in [5.41, 5.74) is 3.96. The lowest BCUT2D eigenvalue weighted by molar-refractivity contribution is -0.122. The maximum absolute atomic E-state index is 12.9. The Balaban J connectivity index is 1.68. The van der Waals surface area contributed by atoms with Crippen LogP contribution < -0.4 is 4.74 Å². The van der Waals surface area contributed by atoms with Gasteiger partial charge in [0.05, 0.1) is 12.3 Å². The van der Waals surface area contributed by atoms with Crippen molar-refractivity contribution in [3.05, 3.63) is 65.2 Å². The molecule has 0 heterocycles. The first-order valence-electron chi connectivity index (χ1n) is 11.1. The van der Waals surface area contributed by atoms with Crippen molar-refractivity contribution in [2.45, 2.75) is 47.0 Å². The second-order valence-corrected chi connectivity index (χ2v) is 8.56. The molecule has 0 radical (unpaired) electrons. The molecule has 0 N–H and O–H groups in total. The van der Waals surface area contributed by atoms with E-state index in [0.717, 1.165) is 54.0 Å². The Labute approximate surface area is 180 Å². The third kappa shape index (κ3) is 5.69. The fourth-order valence-corrected chi connectivity index (χ4v) is 3.88. The number of rotatable bonds is 7. The normalized spacial score (nSPS) is 21.0. The van der Waals surface area contributed by atoms with Crippen LogP contribution in [0.5, 0.6) is 5.75 Å². The Morgan fingerprint density at radius 3 is 2.33 bits per heavy atom. The smallest absolute Gasteiger partial charge is 0.162 e. The van der Waals surface area contributed by atoms with Gasteiger partial charge in [0.25, 0.3) is 0 Å². The van der Waals surface area contributed by atoms with Crippen molar-refractivity contribution in [2.75, 3.05) is 6.61 Å². The molecule has 3 rings (SSSR count). The summed E-state index contributed by atoms with van der Waals surface area (Å²) in [4.78, 5) is 17.5. The summed E-state index contributed by atoms with van der Waals surface area (Å²) in [7, 11) is 0. The number of hydrogen-bond acceptors (Lipinski definition) is 3. The number of nitrogens with zero attached hydrogens (tertiary/aromatic N) is 1. The van der Waals surface area contributed by atoms with Gasteiger partial charge in [-0.05, 0) is 90.3 Å². The number of hydrogen-bond donors (Lipinski definition) is 0. The van der Waals surface area contributed by atoms with Crippen LogP contribution in [0.1, 0.15) is 58.1 Å². The number of Topliss-reactive ketones (excluding diaryl/α,β-unsaturated/α-hetero) is 1. The molecule has 158 valence electrons. The summed E-state index contributed by atoms with van der Waals surface area (Å²) in [6, 6.07) is 16.0. The van der Waals surface area contributed by atoms with Gasteiger partial charge in [0.2, 0.25) is 0 Å². The molecular weight excluding hydrogens is 370 g/mol. The second kappa shape index (κ2) is 10.4. The van der Waals surface area contributed by atoms with Crippen molar-refractivity contribution in [3.63, 3.8) is 0 Å². The monoisotopic (exact) mass is 403 g/mol. The van der Waals surface area contributed by atoms with Crippen LogP contribution in [-0.4, -0.2) is 18.6 Å². The highest BCUT2D eigenvalue weighted by atomic mass is 16.5. The van der Waals surface area contributed by atoms with Gasteiger partial charge in [-0.1, -0.05) is 39.8 Å². The van der Waals surface area contributed by atoms with Crippen LogP contribution in [0.3, 0.4) is 0 Å². The number of carbonyl (C=O) groups excluding carboxylic acids is 1. The molecule has 2 aromatic carbocycles. The van der Waals surface area contributed by atoms with Crippen molar-refractivity contribution >= 4 is 23.8 Å². The topological polar surface area (TPSA) is 38.7 Å². The molecule has 2 aromatic rings. The van der Waals surface area contributed by atoms with Gasteiger partial charge in [-0.2, -0.15) is 0 Å². The Bertz CT molecular complexity index is 891. The summed E-state index contributed by atoms with van der Waals surface area (Å²) in [5.74, 6) is 2.11. The van der Waals surface area contributed by atoms with Crippen LogP contribution in [0.4, 0.5) is 5.69 Å². The van der Waals surface area contributed by atoms with Gasteiger partial charge in [0.15, 0.2) is 5.78 Å². The van der Waals surface area contributed by atoms with E-state index in [2.05, 4.69) is 38.8 Å². The third-order valence-corrected chi connectivity index (χ3v) is 5.80. The molecule has 30 heavy (non-hydrogen) atoms. The standard InChI is InChI=1S/C27H33NO2/c1-5-16-30-24-13-9-22(10-14-24)18-28-23-11-7-21(8-12-23)17-26-20(4)6-15-25(19(2)3)27(26)29/h7-14,17-20,25H,5-6,15-16H2,1-4H3/b26-17-,28-18?/t20-,25-/m1/s1. The molecule has 3 nitrogen and oxygen atoms in total. The maximum Gasteiger partial charge on any atom is 0.162 e. The summed E-state index contributed by atoms with van der Waals surface area (Å²) in [6.45, 7) is 9.29. The maximum atomic E-state index is 12.9. The summed E-state index contributed by atoms with van der Waals surface area (Å²) in [5, 5.41) is 0. The largest absolute Gasteiger partial charge is 0.494 e. The van der Waals surface area contributed by atoms with E-state index < -0.39 is 0 Å². The van der Waals surface area contributed by atoms with Gasteiger partial charge in [0, 0.05) is 12.1 Å². The molecule has 0 amide bonds. The van der Waals surface area contributed by atoms with E-state index in [1.165, 1.54) is 0 Å². The fraction of sp³-hybridized carbons (Fsp3) is 0.407. The molecule has 0 spiro atoms. The first-order chi connectivity index (χ1) is 14.5. The van der Waals surface area contributed by atoms with Crippen LogP contribution in [0.15, 0.2) is 59.1 Å². The highest BCUT2D eigenvalue weighted by Crippen LogP contribution is 2.35. The lowest BCUT2D eigenvalue weighted by atomic mass is 9.73. The highest BCUT2D eigenvalue weighted by molar-refractivity contribution is 6.02. The molecular formula is C27H33NO2. The molecule has 1 fully saturated rings. The number of allylic oxidation sites excluding steroid dienone is 1. The Hall–Kier alpha value is -2.68. The number of benzene rings is 2. The van der Waals surface area contributed by atoms with E-state index in [9.17, 15) is 4.79 Å². The first kappa shape index (κ1) is 22.0. The fourth-order valence-electron chi connectivity index (χ4n) is 3.88. The molecule has 3 heteroatoms. The minimum Gasteiger partial charge on any atom is -0.494 e. The molecule has 0 unspecified atom stereocenters. The molecule has 1 aliphatic rings. The van der Waals surface area contributed by atoms with E-state index in [-0.39, 0.29) is 5.92 Å². The molecule has 2 atom stereocenters. The number of aliphatic imine (C=N–C) groups is 1. The minimum atomic E-state index is 0.162. The molecule has 1 saturated carbocycles. The predicted octanol–water partition coefficient (Wildman–Crippen LogP) is 6.88. The summed E-state index contributed by atoms with van der Waals surface area (Å²) < 4.78 is 5.61. The van der Waals surface area contributed by atoms with Crippen LogP contribution >= 0.6 is 0 Å². The van der Waals surface area contributed by atoms with Gasteiger partial charge in [-0.3, -0.25) is 9.79 Å². The van der Waals surface area contributed by atoms with E-state index in [1.807, 2.05) is 54.7 Å². The summed E-state index contributed by atoms with van der Waals surface area (Å²) in [6.07, 6.45) is 7.03. The zero-order valence-corrected chi connectivity index (χ0v) is 18.6. The zero-order valence-electron chi connectivity index (χ0n) is 18.6. The predicted molar refractivity (Wildman–Crippen MR) is 126 cm³/mol. The molecule has 0 bridgehead atoms. The highest BCUT2D eigenvalue weighted by Gasteiger charge is 2.32. The van der Waals surface area contributed by atoms with Crippen molar-refractivity contribution in [1.82, 2.24) is 0 Å².